The van der Waals surface area contributed by atoms with Crippen LogP contribution in [-0.2, 0) is 26.0 Å². The van der Waals surface area contributed by atoms with Crippen molar-refractivity contribution < 1.29 is 18.0 Å². The fraction of sp³-hybridized carbons (Fsp3) is 0.417. The maximum absolute atomic E-state index is 13.4. The number of hydrogen-bond donors (Lipinski definition) is 1. The van der Waals surface area contributed by atoms with E-state index in [1.807, 2.05) is 38.1 Å². The molecule has 32 heavy (non-hydrogen) atoms. The Kier molecular flexibility index (Phi) is 6.09. The monoisotopic (exact) mass is 455 g/mol. The van der Waals surface area contributed by atoms with E-state index in [0.717, 1.165) is 16.8 Å². The highest BCUT2D eigenvalue weighted by molar-refractivity contribution is 7.89. The highest BCUT2D eigenvalue weighted by Gasteiger charge is 2.35. The fourth-order valence-electron chi connectivity index (χ4n) is 4.65. The molecule has 1 saturated heterocycles. The molecule has 4 rings (SSSR count). The van der Waals surface area contributed by atoms with Gasteiger partial charge in [-0.1, -0.05) is 17.7 Å². The summed E-state index contributed by atoms with van der Waals surface area (Å²) in [7, 11) is -3.73. The topological polar surface area (TPSA) is 86.8 Å². The maximum Gasteiger partial charge on any atom is 0.243 e. The average Bonchev–Trinajstić information content (AvgIpc) is 3.10. The average molecular weight is 456 g/mol. The Balaban J connectivity index is 1.50. The summed E-state index contributed by atoms with van der Waals surface area (Å²) in [5, 5.41) is 2.91. The molecule has 0 bridgehead atoms. The Hall–Kier alpha value is -2.71. The molecule has 2 heterocycles. The van der Waals surface area contributed by atoms with E-state index in [1.54, 1.807) is 23.1 Å². The van der Waals surface area contributed by atoms with E-state index in [9.17, 15) is 18.0 Å². The number of carbonyl (C=O) groups excluding carboxylic acids is 2. The lowest BCUT2D eigenvalue weighted by Crippen LogP contribution is -2.43. The van der Waals surface area contributed by atoms with Crippen molar-refractivity contribution in [3.63, 3.8) is 0 Å². The van der Waals surface area contributed by atoms with Crippen LogP contribution in [0.25, 0.3) is 0 Å². The van der Waals surface area contributed by atoms with E-state index >= 15 is 0 Å². The van der Waals surface area contributed by atoms with Crippen molar-refractivity contribution >= 4 is 33.2 Å². The summed E-state index contributed by atoms with van der Waals surface area (Å²) in [6.45, 7) is 6.01. The zero-order valence-electron chi connectivity index (χ0n) is 18.7. The van der Waals surface area contributed by atoms with E-state index in [4.69, 9.17) is 0 Å². The normalized spacial score (nSPS) is 21.3. The quantitative estimate of drug-likeness (QED) is 0.766. The van der Waals surface area contributed by atoms with Gasteiger partial charge in [0, 0.05) is 37.4 Å². The van der Waals surface area contributed by atoms with Crippen LogP contribution in [-0.4, -0.2) is 43.7 Å². The largest absolute Gasteiger partial charge is 0.326 e. The zero-order valence-corrected chi connectivity index (χ0v) is 19.5. The van der Waals surface area contributed by atoms with Crippen molar-refractivity contribution in [3.05, 3.63) is 53.6 Å². The van der Waals surface area contributed by atoms with Crippen LogP contribution in [0.4, 0.5) is 11.4 Å². The third-order valence-electron chi connectivity index (χ3n) is 6.32. The van der Waals surface area contributed by atoms with Crippen LogP contribution in [0.2, 0.25) is 0 Å². The van der Waals surface area contributed by atoms with Gasteiger partial charge in [0.2, 0.25) is 21.8 Å². The standard InChI is InChI=1S/C24H29N3O4S/c1-16-6-8-21(9-7-16)25-24(29)19-5-4-12-26(15-19)32(30,31)22-10-11-23-20(14-22)13-17(2)27(23)18(3)28/h6-11,14,17,19H,4-5,12-13,15H2,1-3H3,(H,25,29)/t17-,19-/m0/s1. The molecule has 1 fully saturated rings. The van der Waals surface area contributed by atoms with E-state index in [-0.39, 0.29) is 29.3 Å². The van der Waals surface area contributed by atoms with E-state index < -0.39 is 15.9 Å². The predicted octanol–water partition coefficient (Wildman–Crippen LogP) is 3.33. The number of aryl methyl sites for hydroxylation is 1. The summed E-state index contributed by atoms with van der Waals surface area (Å²) in [6.07, 6.45) is 1.91. The lowest BCUT2D eigenvalue weighted by Gasteiger charge is -2.31. The SMILES string of the molecule is CC(=O)N1c2ccc(S(=O)(=O)N3CCC[C@H](C(=O)Nc4ccc(C)cc4)C3)cc2C[C@@H]1C. The zero-order chi connectivity index (χ0) is 23.0. The van der Waals surface area contributed by atoms with Crippen molar-refractivity contribution in [3.8, 4) is 0 Å². The Morgan fingerprint density at radius 1 is 1.09 bits per heavy atom. The first kappa shape index (κ1) is 22.5. The third-order valence-corrected chi connectivity index (χ3v) is 8.18. The molecule has 2 aliphatic heterocycles. The van der Waals surface area contributed by atoms with Crippen LogP contribution in [0.15, 0.2) is 47.4 Å². The van der Waals surface area contributed by atoms with Gasteiger partial charge < -0.3 is 10.2 Å². The van der Waals surface area contributed by atoms with Crippen LogP contribution < -0.4 is 10.2 Å². The van der Waals surface area contributed by atoms with Gasteiger partial charge in [-0.2, -0.15) is 4.31 Å². The predicted molar refractivity (Wildman–Crippen MR) is 124 cm³/mol. The summed E-state index contributed by atoms with van der Waals surface area (Å²) in [5.41, 5.74) is 3.45. The lowest BCUT2D eigenvalue weighted by molar-refractivity contribution is -0.121. The first-order chi connectivity index (χ1) is 15.2. The molecule has 0 aromatic heterocycles. The summed E-state index contributed by atoms with van der Waals surface area (Å²) in [6, 6.07) is 12.5. The number of fused-ring (bicyclic) bond motifs is 1. The molecule has 2 atom stereocenters. The number of benzene rings is 2. The second-order valence-corrected chi connectivity index (χ2v) is 10.7. The van der Waals surface area contributed by atoms with Crippen molar-refractivity contribution in [2.24, 2.45) is 5.92 Å². The molecule has 0 unspecified atom stereocenters. The van der Waals surface area contributed by atoms with Gasteiger partial charge in [0.05, 0.1) is 10.8 Å². The molecular weight excluding hydrogens is 426 g/mol. The Bertz CT molecular complexity index is 1140. The Morgan fingerprint density at radius 2 is 1.81 bits per heavy atom. The van der Waals surface area contributed by atoms with Gasteiger partial charge in [0.25, 0.3) is 0 Å². The maximum atomic E-state index is 13.4. The fourth-order valence-corrected chi connectivity index (χ4v) is 6.23. The third kappa shape index (κ3) is 4.29. The molecule has 8 heteroatoms. The number of piperidine rings is 1. The van der Waals surface area contributed by atoms with Gasteiger partial charge in [-0.25, -0.2) is 8.42 Å². The lowest BCUT2D eigenvalue weighted by atomic mass is 9.98. The van der Waals surface area contributed by atoms with Crippen LogP contribution in [0.5, 0.6) is 0 Å². The molecule has 1 N–H and O–H groups in total. The van der Waals surface area contributed by atoms with Crippen LogP contribution >= 0.6 is 0 Å². The van der Waals surface area contributed by atoms with Gasteiger partial charge >= 0.3 is 0 Å². The Labute approximate surface area is 189 Å². The smallest absolute Gasteiger partial charge is 0.243 e. The molecular formula is C24H29N3O4S. The molecule has 7 nitrogen and oxygen atoms in total. The van der Waals surface area contributed by atoms with Crippen LogP contribution in [0.3, 0.4) is 0 Å². The molecule has 0 saturated carbocycles. The van der Waals surface area contributed by atoms with Gasteiger partial charge in [0.15, 0.2) is 0 Å². The highest BCUT2D eigenvalue weighted by atomic mass is 32.2. The van der Waals surface area contributed by atoms with Gasteiger partial charge in [-0.15, -0.1) is 0 Å². The molecule has 0 spiro atoms. The first-order valence-electron chi connectivity index (χ1n) is 11.0. The number of amides is 2. The number of hydrogen-bond acceptors (Lipinski definition) is 4. The minimum absolute atomic E-state index is 0.00490. The number of rotatable bonds is 4. The van der Waals surface area contributed by atoms with Gasteiger partial charge in [-0.3, -0.25) is 9.59 Å². The van der Waals surface area contributed by atoms with Gasteiger partial charge in [0.1, 0.15) is 0 Å². The van der Waals surface area contributed by atoms with Crippen molar-refractivity contribution in [2.45, 2.75) is 51.0 Å². The molecule has 0 aliphatic carbocycles. The van der Waals surface area contributed by atoms with Crippen LogP contribution in [0, 0.1) is 12.8 Å². The van der Waals surface area contributed by atoms with Crippen LogP contribution in [0.1, 0.15) is 37.8 Å². The second kappa shape index (κ2) is 8.67. The van der Waals surface area contributed by atoms with Crippen molar-refractivity contribution in [1.82, 2.24) is 4.31 Å². The summed E-state index contributed by atoms with van der Waals surface area (Å²) >= 11 is 0. The number of anilines is 2. The number of nitrogens with one attached hydrogen (secondary N) is 1. The van der Waals surface area contributed by atoms with Crippen molar-refractivity contribution in [2.75, 3.05) is 23.3 Å². The summed E-state index contributed by atoms with van der Waals surface area (Å²) in [4.78, 5) is 26.7. The van der Waals surface area contributed by atoms with E-state index in [0.29, 0.717) is 31.5 Å². The molecule has 0 radical (unpaired) electrons. The second-order valence-electron chi connectivity index (χ2n) is 8.79. The van der Waals surface area contributed by atoms with E-state index in [1.165, 1.54) is 11.2 Å². The summed E-state index contributed by atoms with van der Waals surface area (Å²) in [5.74, 6) is -0.610. The highest BCUT2D eigenvalue weighted by Crippen LogP contribution is 2.35. The minimum atomic E-state index is -3.73. The Morgan fingerprint density at radius 3 is 2.50 bits per heavy atom. The molecule has 170 valence electrons. The molecule has 2 amide bonds. The first-order valence-corrected chi connectivity index (χ1v) is 12.4. The number of nitrogens with zero attached hydrogens (tertiary/aromatic N) is 2. The summed E-state index contributed by atoms with van der Waals surface area (Å²) < 4.78 is 28.1. The van der Waals surface area contributed by atoms with E-state index in [2.05, 4.69) is 5.32 Å². The molecule has 2 aromatic carbocycles. The van der Waals surface area contributed by atoms with Crippen molar-refractivity contribution in [1.29, 1.82) is 0 Å². The van der Waals surface area contributed by atoms with Gasteiger partial charge in [-0.05, 0) is 69.0 Å². The number of carbonyl (C=O) groups is 2. The molecule has 2 aliphatic rings. The number of sulfonamides is 1. The minimum Gasteiger partial charge on any atom is -0.326 e. The molecule has 2 aromatic rings.